The number of nitrogens with zero attached hydrogens (tertiary/aromatic N) is 3. The van der Waals surface area contributed by atoms with E-state index in [1.54, 1.807) is 36.4 Å². The Morgan fingerprint density at radius 2 is 1.75 bits per heavy atom. The summed E-state index contributed by atoms with van der Waals surface area (Å²) in [5, 5.41) is 5.11. The van der Waals surface area contributed by atoms with Crippen LogP contribution >= 0.6 is 0 Å². The van der Waals surface area contributed by atoms with Gasteiger partial charge in [-0.2, -0.15) is 0 Å². The summed E-state index contributed by atoms with van der Waals surface area (Å²) >= 11 is 0. The Balaban J connectivity index is 1.72. The fraction of sp³-hybridized carbons (Fsp3) is 0.150. The van der Waals surface area contributed by atoms with E-state index in [9.17, 15) is 13.2 Å². The van der Waals surface area contributed by atoms with Crippen LogP contribution in [0.1, 0.15) is 24.2 Å². The van der Waals surface area contributed by atoms with Crippen LogP contribution in [0, 0.1) is 0 Å². The van der Waals surface area contributed by atoms with E-state index < -0.39 is 10.0 Å². The molecule has 1 heterocycles. The number of sulfonamides is 1. The predicted octanol–water partition coefficient (Wildman–Crippen LogP) is 2.51. The molecule has 0 aliphatic rings. The smallest absolute Gasteiger partial charge is 0.246 e. The third-order valence-electron chi connectivity index (χ3n) is 4.48. The van der Waals surface area contributed by atoms with Crippen LogP contribution in [0.4, 0.5) is 0 Å². The number of hydrogen-bond donors (Lipinski definition) is 1. The van der Waals surface area contributed by atoms with E-state index in [1.807, 2.05) is 31.2 Å². The molecule has 7 nitrogen and oxygen atoms in total. The SMILES string of the molecule is CC(c1ccc(S(N)(=O)=O)cc1)N(C)C(=O)C=Cc1cnc2ccccc2n1. The minimum atomic E-state index is -3.74. The Morgan fingerprint density at radius 3 is 2.39 bits per heavy atom. The van der Waals surface area contributed by atoms with Gasteiger partial charge < -0.3 is 4.90 Å². The maximum Gasteiger partial charge on any atom is 0.246 e. The Hall–Kier alpha value is -3.10. The molecule has 1 unspecified atom stereocenters. The first-order valence-corrected chi connectivity index (χ1v) is 10.1. The molecule has 0 aliphatic carbocycles. The number of likely N-dealkylation sites (N-methyl/N-ethyl adjacent to an activating group) is 1. The highest BCUT2D eigenvalue weighted by atomic mass is 32.2. The molecular formula is C20H20N4O3S. The highest BCUT2D eigenvalue weighted by Gasteiger charge is 2.16. The first-order chi connectivity index (χ1) is 13.3. The minimum absolute atomic E-state index is 0.0344. The second kappa shape index (κ2) is 7.87. The highest BCUT2D eigenvalue weighted by Crippen LogP contribution is 2.21. The molecular weight excluding hydrogens is 376 g/mol. The molecule has 1 atom stereocenters. The zero-order valence-electron chi connectivity index (χ0n) is 15.5. The lowest BCUT2D eigenvalue weighted by molar-refractivity contribution is -0.126. The van der Waals surface area contributed by atoms with Gasteiger partial charge >= 0.3 is 0 Å². The van der Waals surface area contributed by atoms with Gasteiger partial charge in [0.05, 0.1) is 33.9 Å². The molecule has 144 valence electrons. The summed E-state index contributed by atoms with van der Waals surface area (Å²) in [6, 6.07) is 13.4. The van der Waals surface area contributed by atoms with Gasteiger partial charge in [0, 0.05) is 13.1 Å². The molecule has 0 spiro atoms. The molecule has 0 radical (unpaired) electrons. The van der Waals surface area contributed by atoms with Gasteiger partial charge in [-0.05, 0) is 42.8 Å². The van der Waals surface area contributed by atoms with E-state index in [0.29, 0.717) is 5.69 Å². The molecule has 2 N–H and O–H groups in total. The second-order valence-electron chi connectivity index (χ2n) is 6.36. The lowest BCUT2D eigenvalue weighted by Gasteiger charge is -2.24. The molecule has 2 aromatic carbocycles. The standard InChI is InChI=1S/C20H20N4O3S/c1-14(15-7-10-17(11-8-15)28(21,26)27)24(2)20(25)12-9-16-13-22-18-5-3-4-6-19(18)23-16/h3-14H,1-2H3,(H2,21,26,27). The van der Waals surface area contributed by atoms with Gasteiger partial charge in [-0.1, -0.05) is 24.3 Å². The lowest BCUT2D eigenvalue weighted by Crippen LogP contribution is -2.28. The van der Waals surface area contributed by atoms with Gasteiger partial charge in [0.2, 0.25) is 15.9 Å². The number of rotatable bonds is 5. The number of fused-ring (bicyclic) bond motifs is 1. The molecule has 0 bridgehead atoms. The summed E-state index contributed by atoms with van der Waals surface area (Å²) in [6.07, 6.45) is 4.67. The summed E-state index contributed by atoms with van der Waals surface area (Å²) < 4.78 is 22.7. The van der Waals surface area contributed by atoms with Gasteiger partial charge in [0.1, 0.15) is 0 Å². The van der Waals surface area contributed by atoms with Crippen LogP contribution in [0.5, 0.6) is 0 Å². The molecule has 0 fully saturated rings. The quantitative estimate of drug-likeness (QED) is 0.667. The summed E-state index contributed by atoms with van der Waals surface area (Å²) in [7, 11) is -2.06. The van der Waals surface area contributed by atoms with Crippen molar-refractivity contribution in [3.05, 3.63) is 72.1 Å². The summed E-state index contributed by atoms with van der Waals surface area (Å²) in [5.41, 5.74) is 2.93. The molecule has 0 saturated carbocycles. The van der Waals surface area contributed by atoms with Crippen molar-refractivity contribution in [3.63, 3.8) is 0 Å². The number of para-hydroxylation sites is 2. The minimum Gasteiger partial charge on any atom is -0.335 e. The van der Waals surface area contributed by atoms with Gasteiger partial charge in [-0.25, -0.2) is 18.5 Å². The van der Waals surface area contributed by atoms with Crippen molar-refractivity contribution >= 4 is 33.0 Å². The van der Waals surface area contributed by atoms with E-state index in [4.69, 9.17) is 5.14 Å². The number of primary sulfonamides is 1. The number of aromatic nitrogens is 2. The van der Waals surface area contributed by atoms with Crippen LogP contribution in [0.3, 0.4) is 0 Å². The summed E-state index contributed by atoms with van der Waals surface area (Å²) in [6.45, 7) is 1.85. The van der Waals surface area contributed by atoms with Crippen molar-refractivity contribution in [3.8, 4) is 0 Å². The monoisotopic (exact) mass is 396 g/mol. The first-order valence-electron chi connectivity index (χ1n) is 8.55. The topological polar surface area (TPSA) is 106 Å². The number of carbonyl (C=O) groups excluding carboxylic acids is 1. The zero-order chi connectivity index (χ0) is 20.3. The summed E-state index contributed by atoms with van der Waals surface area (Å²) in [4.78, 5) is 22.9. The van der Waals surface area contributed by atoms with E-state index in [0.717, 1.165) is 16.6 Å². The fourth-order valence-electron chi connectivity index (χ4n) is 2.68. The maximum absolute atomic E-state index is 12.5. The Labute approximate surface area is 163 Å². The zero-order valence-corrected chi connectivity index (χ0v) is 16.3. The third kappa shape index (κ3) is 4.41. The van der Waals surface area contributed by atoms with E-state index in [1.165, 1.54) is 18.2 Å². The first kappa shape index (κ1) is 19.7. The number of nitrogens with two attached hydrogens (primary N) is 1. The van der Waals surface area contributed by atoms with Crippen LogP contribution in [-0.4, -0.2) is 36.2 Å². The number of benzene rings is 2. The average Bonchev–Trinajstić information content (AvgIpc) is 2.70. The summed E-state index contributed by atoms with van der Waals surface area (Å²) in [5.74, 6) is -0.210. The van der Waals surface area contributed by atoms with Gasteiger partial charge in [-0.3, -0.25) is 9.78 Å². The highest BCUT2D eigenvalue weighted by molar-refractivity contribution is 7.89. The van der Waals surface area contributed by atoms with Gasteiger partial charge in [0.25, 0.3) is 0 Å². The van der Waals surface area contributed by atoms with Gasteiger partial charge in [-0.15, -0.1) is 0 Å². The van der Waals surface area contributed by atoms with E-state index >= 15 is 0 Å². The molecule has 0 aliphatic heterocycles. The maximum atomic E-state index is 12.5. The third-order valence-corrected chi connectivity index (χ3v) is 5.41. The van der Waals surface area contributed by atoms with Crippen molar-refractivity contribution in [2.75, 3.05) is 7.05 Å². The number of amides is 1. The van der Waals surface area contributed by atoms with Crippen molar-refractivity contribution in [1.29, 1.82) is 0 Å². The van der Waals surface area contributed by atoms with Crippen LogP contribution in [-0.2, 0) is 14.8 Å². The van der Waals surface area contributed by atoms with Crippen LogP contribution in [0.25, 0.3) is 17.1 Å². The lowest BCUT2D eigenvalue weighted by atomic mass is 10.1. The fourth-order valence-corrected chi connectivity index (χ4v) is 3.19. The number of hydrogen-bond acceptors (Lipinski definition) is 5. The molecule has 3 aromatic rings. The predicted molar refractivity (Wildman–Crippen MR) is 108 cm³/mol. The largest absolute Gasteiger partial charge is 0.335 e. The number of carbonyl (C=O) groups is 1. The van der Waals surface area contributed by atoms with Crippen molar-refractivity contribution in [2.24, 2.45) is 5.14 Å². The second-order valence-corrected chi connectivity index (χ2v) is 7.92. The van der Waals surface area contributed by atoms with Crippen molar-refractivity contribution in [2.45, 2.75) is 17.9 Å². The normalized spacial score (nSPS) is 13.0. The molecule has 0 saturated heterocycles. The Morgan fingerprint density at radius 1 is 1.11 bits per heavy atom. The van der Waals surface area contributed by atoms with Crippen molar-refractivity contribution in [1.82, 2.24) is 14.9 Å². The molecule has 28 heavy (non-hydrogen) atoms. The average molecular weight is 396 g/mol. The van der Waals surface area contributed by atoms with Crippen LogP contribution in [0.15, 0.2) is 65.7 Å². The molecule has 1 aromatic heterocycles. The van der Waals surface area contributed by atoms with Crippen molar-refractivity contribution < 1.29 is 13.2 Å². The van der Waals surface area contributed by atoms with E-state index in [-0.39, 0.29) is 16.8 Å². The van der Waals surface area contributed by atoms with E-state index in [2.05, 4.69) is 9.97 Å². The Bertz CT molecular complexity index is 1140. The Kier molecular flexibility index (Phi) is 5.53. The van der Waals surface area contributed by atoms with Crippen LogP contribution in [0.2, 0.25) is 0 Å². The van der Waals surface area contributed by atoms with Gasteiger partial charge in [0.15, 0.2) is 0 Å². The molecule has 3 rings (SSSR count). The van der Waals surface area contributed by atoms with Crippen LogP contribution < -0.4 is 5.14 Å². The molecule has 1 amide bonds. The molecule has 8 heteroatoms.